The second-order valence-corrected chi connectivity index (χ2v) is 6.61. The Morgan fingerprint density at radius 2 is 1.88 bits per heavy atom. The van der Waals surface area contributed by atoms with E-state index in [1.165, 1.54) is 5.56 Å². The third-order valence-corrected chi connectivity index (χ3v) is 4.65. The zero-order valence-electron chi connectivity index (χ0n) is 14.9. The molecule has 0 bridgehead atoms. The van der Waals surface area contributed by atoms with E-state index in [0.717, 1.165) is 23.2 Å². The average molecular weight is 337 g/mol. The van der Waals surface area contributed by atoms with E-state index in [0.29, 0.717) is 12.3 Å². The lowest BCUT2D eigenvalue weighted by Gasteiger charge is -2.19. The molecule has 0 spiro atoms. The molecule has 0 radical (unpaired) electrons. The smallest absolute Gasteiger partial charge is 0.316 e. The van der Waals surface area contributed by atoms with Crippen LogP contribution in [0, 0.1) is 19.8 Å². The lowest BCUT2D eigenvalue weighted by atomic mass is 10.1. The summed E-state index contributed by atoms with van der Waals surface area (Å²) in [5.41, 5.74) is 4.26. The third kappa shape index (κ3) is 3.73. The molecule has 25 heavy (non-hydrogen) atoms. The number of carbonyl (C=O) groups excluding carboxylic acids is 2. The summed E-state index contributed by atoms with van der Waals surface area (Å²) >= 11 is 0. The normalized spacial score (nSPS) is 17.0. The van der Waals surface area contributed by atoms with Gasteiger partial charge in [0.15, 0.2) is 0 Å². The Bertz CT molecular complexity index is 795. The molecule has 2 aromatic rings. The van der Waals surface area contributed by atoms with Gasteiger partial charge in [0.1, 0.15) is 5.75 Å². The van der Waals surface area contributed by atoms with Gasteiger partial charge in [-0.2, -0.15) is 0 Å². The van der Waals surface area contributed by atoms with Crippen molar-refractivity contribution in [2.45, 2.75) is 33.6 Å². The summed E-state index contributed by atoms with van der Waals surface area (Å²) in [6.07, 6.45) is 1.13. The van der Waals surface area contributed by atoms with Gasteiger partial charge in [-0.05, 0) is 49.6 Å². The van der Waals surface area contributed by atoms with E-state index in [4.69, 9.17) is 4.74 Å². The van der Waals surface area contributed by atoms with Crippen molar-refractivity contribution in [2.75, 3.05) is 11.4 Å². The molecular formula is C21H23NO3. The summed E-state index contributed by atoms with van der Waals surface area (Å²) in [5.74, 6) is -0.279. The zero-order valence-corrected chi connectivity index (χ0v) is 14.9. The van der Waals surface area contributed by atoms with Crippen molar-refractivity contribution in [1.82, 2.24) is 0 Å². The topological polar surface area (TPSA) is 46.6 Å². The summed E-state index contributed by atoms with van der Waals surface area (Å²) in [5, 5.41) is 0. The molecule has 1 heterocycles. The number of aryl methyl sites for hydroxylation is 3. The van der Waals surface area contributed by atoms with E-state index in [-0.39, 0.29) is 18.3 Å². The van der Waals surface area contributed by atoms with Crippen LogP contribution in [0.4, 0.5) is 5.69 Å². The van der Waals surface area contributed by atoms with E-state index in [9.17, 15) is 9.59 Å². The Morgan fingerprint density at radius 3 is 2.52 bits per heavy atom. The van der Waals surface area contributed by atoms with Crippen LogP contribution in [0.5, 0.6) is 5.75 Å². The van der Waals surface area contributed by atoms with Crippen LogP contribution in [0.2, 0.25) is 0 Å². The van der Waals surface area contributed by atoms with Crippen molar-refractivity contribution in [2.24, 2.45) is 5.92 Å². The number of anilines is 1. The van der Waals surface area contributed by atoms with Gasteiger partial charge < -0.3 is 9.64 Å². The van der Waals surface area contributed by atoms with Crippen molar-refractivity contribution in [3.63, 3.8) is 0 Å². The van der Waals surface area contributed by atoms with Crippen molar-refractivity contribution in [3.8, 4) is 5.75 Å². The Kier molecular flexibility index (Phi) is 4.88. The number of hydrogen-bond donors (Lipinski definition) is 0. The minimum absolute atomic E-state index is 0.0322. The van der Waals surface area contributed by atoms with Crippen molar-refractivity contribution < 1.29 is 14.3 Å². The predicted molar refractivity (Wildman–Crippen MR) is 97.8 cm³/mol. The lowest BCUT2D eigenvalue weighted by molar-refractivity contribution is -0.139. The fourth-order valence-electron chi connectivity index (χ4n) is 3.20. The average Bonchev–Trinajstić information content (AvgIpc) is 2.97. The van der Waals surface area contributed by atoms with Gasteiger partial charge in [0.2, 0.25) is 5.91 Å². The van der Waals surface area contributed by atoms with Gasteiger partial charge in [0, 0.05) is 18.7 Å². The van der Waals surface area contributed by atoms with E-state index in [2.05, 4.69) is 6.92 Å². The molecule has 4 heteroatoms. The highest BCUT2D eigenvalue weighted by molar-refractivity contribution is 6.00. The largest absolute Gasteiger partial charge is 0.426 e. The maximum Gasteiger partial charge on any atom is 0.316 e. The second-order valence-electron chi connectivity index (χ2n) is 6.61. The summed E-state index contributed by atoms with van der Waals surface area (Å²) in [4.78, 5) is 26.5. The molecule has 0 unspecified atom stereocenters. The molecule has 4 nitrogen and oxygen atoms in total. The fourth-order valence-corrected chi connectivity index (χ4v) is 3.20. The standard InChI is InChI=1S/C21H23NO3/c1-4-16-6-8-18(9-7-16)25-21(24)17-12-20(23)22(13-17)19-10-5-14(2)11-15(19)3/h5-11,17H,4,12-13H2,1-3H3/t17-/m1/s1. The number of ether oxygens (including phenoxy) is 1. The monoisotopic (exact) mass is 337 g/mol. The summed E-state index contributed by atoms with van der Waals surface area (Å²) < 4.78 is 5.46. The second kappa shape index (κ2) is 7.09. The minimum Gasteiger partial charge on any atom is -0.426 e. The van der Waals surface area contributed by atoms with Crippen LogP contribution in [-0.2, 0) is 16.0 Å². The molecule has 1 aliphatic rings. The van der Waals surface area contributed by atoms with E-state index in [1.807, 2.05) is 44.2 Å². The van der Waals surface area contributed by atoms with Gasteiger partial charge in [0.25, 0.3) is 0 Å². The van der Waals surface area contributed by atoms with Gasteiger partial charge in [-0.15, -0.1) is 0 Å². The number of amides is 1. The first-order chi connectivity index (χ1) is 12.0. The summed E-state index contributed by atoms with van der Waals surface area (Å²) in [6.45, 7) is 6.45. The van der Waals surface area contributed by atoms with Gasteiger partial charge in [0.05, 0.1) is 5.92 Å². The van der Waals surface area contributed by atoms with Crippen molar-refractivity contribution in [3.05, 3.63) is 59.2 Å². The highest BCUT2D eigenvalue weighted by atomic mass is 16.5. The van der Waals surface area contributed by atoms with E-state index >= 15 is 0 Å². The molecule has 1 aliphatic heterocycles. The molecule has 1 atom stereocenters. The SMILES string of the molecule is CCc1ccc(OC(=O)[C@@H]2CC(=O)N(c3ccc(C)cc3C)C2)cc1. The van der Waals surface area contributed by atoms with Gasteiger partial charge in [-0.3, -0.25) is 9.59 Å². The van der Waals surface area contributed by atoms with Crippen LogP contribution in [0.25, 0.3) is 0 Å². The third-order valence-electron chi connectivity index (χ3n) is 4.65. The van der Waals surface area contributed by atoms with E-state index in [1.54, 1.807) is 17.0 Å². The molecule has 1 saturated heterocycles. The Labute approximate surface area is 148 Å². The molecule has 3 rings (SSSR count). The van der Waals surface area contributed by atoms with E-state index < -0.39 is 5.92 Å². The van der Waals surface area contributed by atoms with Crippen LogP contribution >= 0.6 is 0 Å². The number of benzene rings is 2. The molecular weight excluding hydrogens is 314 g/mol. The molecule has 130 valence electrons. The highest BCUT2D eigenvalue weighted by Gasteiger charge is 2.36. The summed E-state index contributed by atoms with van der Waals surface area (Å²) in [6, 6.07) is 13.5. The van der Waals surface area contributed by atoms with Crippen molar-refractivity contribution in [1.29, 1.82) is 0 Å². The molecule has 0 aromatic heterocycles. The maximum atomic E-state index is 12.4. The number of carbonyl (C=O) groups is 2. The lowest BCUT2D eigenvalue weighted by Crippen LogP contribution is -2.27. The minimum atomic E-state index is -0.431. The summed E-state index contributed by atoms with van der Waals surface area (Å²) in [7, 11) is 0. The first-order valence-electron chi connectivity index (χ1n) is 8.66. The molecule has 1 fully saturated rings. The first-order valence-corrected chi connectivity index (χ1v) is 8.66. The molecule has 1 amide bonds. The Morgan fingerprint density at radius 1 is 1.16 bits per heavy atom. The molecule has 0 saturated carbocycles. The highest BCUT2D eigenvalue weighted by Crippen LogP contribution is 2.29. The van der Waals surface area contributed by atoms with Crippen LogP contribution in [0.3, 0.4) is 0 Å². The number of nitrogens with zero attached hydrogens (tertiary/aromatic N) is 1. The Hall–Kier alpha value is -2.62. The maximum absolute atomic E-state index is 12.4. The quantitative estimate of drug-likeness (QED) is 0.629. The van der Waals surface area contributed by atoms with Crippen LogP contribution in [0.1, 0.15) is 30.0 Å². The number of esters is 1. The van der Waals surface area contributed by atoms with Crippen LogP contribution in [-0.4, -0.2) is 18.4 Å². The van der Waals surface area contributed by atoms with Crippen LogP contribution < -0.4 is 9.64 Å². The first kappa shape index (κ1) is 17.2. The van der Waals surface area contributed by atoms with Crippen molar-refractivity contribution >= 4 is 17.6 Å². The zero-order chi connectivity index (χ0) is 18.0. The van der Waals surface area contributed by atoms with Crippen LogP contribution in [0.15, 0.2) is 42.5 Å². The Balaban J connectivity index is 1.69. The molecule has 0 N–H and O–H groups in total. The number of hydrogen-bond acceptors (Lipinski definition) is 3. The molecule has 2 aromatic carbocycles. The number of rotatable bonds is 4. The molecule has 0 aliphatic carbocycles. The van der Waals surface area contributed by atoms with Gasteiger partial charge >= 0.3 is 5.97 Å². The predicted octanol–water partition coefficient (Wildman–Crippen LogP) is 3.82. The van der Waals surface area contributed by atoms with Gasteiger partial charge in [-0.1, -0.05) is 36.8 Å². The van der Waals surface area contributed by atoms with Gasteiger partial charge in [-0.25, -0.2) is 0 Å². The fraction of sp³-hybridized carbons (Fsp3) is 0.333.